The van der Waals surface area contributed by atoms with Gasteiger partial charge >= 0.3 is 12.4 Å². The fourth-order valence-electron chi connectivity index (χ4n) is 11.0. The zero-order valence-electron chi connectivity index (χ0n) is 38.8. The number of rotatable bonds is 10. The molecule has 2 saturated carbocycles. The van der Waals surface area contributed by atoms with Gasteiger partial charge < -0.3 is 48.9 Å². The van der Waals surface area contributed by atoms with Gasteiger partial charge in [0.2, 0.25) is 11.8 Å². The molecule has 0 spiro atoms. The first-order valence-corrected chi connectivity index (χ1v) is 23.3. The summed E-state index contributed by atoms with van der Waals surface area (Å²) in [7, 11) is 3.37. The van der Waals surface area contributed by atoms with E-state index in [1.807, 2.05) is 27.7 Å². The number of methoxy groups -OCH3 is 2. The molecule has 18 heteroatoms. The molecule has 0 aromatic heterocycles. The fraction of sp³-hybridized carbons (Fsp3) is 0.708. The zero-order chi connectivity index (χ0) is 47.6. The summed E-state index contributed by atoms with van der Waals surface area (Å²) in [6.45, 7) is 11.0. The van der Waals surface area contributed by atoms with Crippen molar-refractivity contribution in [3.05, 3.63) is 58.7 Å². The highest BCUT2D eigenvalue weighted by Gasteiger charge is 2.52. The SMILES string of the molecule is CO[C@@H]1COCC[C@@H]1N[C@@H]1CC[C@@](C(=O)N2COc3ccc(C(F)(F)F)cc3C2)(C(C)C)C1.CO[C@H]1COCC[C@H]1N[C@@H]1CC[C@@](C(=O)N2COc3ccc(C(F)(F)F)cc3C2)(C(C)C)C1. The number of amides is 2. The maximum atomic E-state index is 13.8. The molecule has 0 radical (unpaired) electrons. The molecular weight excluding hydrogens is 875 g/mol. The summed E-state index contributed by atoms with van der Waals surface area (Å²) < 4.78 is 113. The molecular formula is C48H66F6N4O8. The number of carbonyl (C=O) groups is 2. The highest BCUT2D eigenvalue weighted by molar-refractivity contribution is 5.84. The third-order valence-corrected chi connectivity index (χ3v) is 15.1. The maximum Gasteiger partial charge on any atom is 0.416 e. The lowest BCUT2D eigenvalue weighted by atomic mass is 9.74. The van der Waals surface area contributed by atoms with E-state index in [2.05, 4.69) is 10.6 Å². The molecule has 368 valence electrons. The number of fused-ring (bicyclic) bond motifs is 2. The third kappa shape index (κ3) is 10.8. The van der Waals surface area contributed by atoms with Crippen LogP contribution in [0.25, 0.3) is 0 Å². The molecule has 12 nitrogen and oxygen atoms in total. The van der Waals surface area contributed by atoms with Gasteiger partial charge in [-0.1, -0.05) is 27.7 Å². The Morgan fingerprint density at radius 2 is 1.05 bits per heavy atom. The van der Waals surface area contributed by atoms with Crippen molar-refractivity contribution in [1.29, 1.82) is 0 Å². The van der Waals surface area contributed by atoms with Crippen LogP contribution in [0.1, 0.15) is 101 Å². The van der Waals surface area contributed by atoms with E-state index in [9.17, 15) is 35.9 Å². The highest BCUT2D eigenvalue weighted by Crippen LogP contribution is 2.49. The Labute approximate surface area is 383 Å². The van der Waals surface area contributed by atoms with Gasteiger partial charge in [-0.15, -0.1) is 0 Å². The van der Waals surface area contributed by atoms with Crippen molar-refractivity contribution >= 4 is 11.8 Å². The Kier molecular flexibility index (Phi) is 15.6. The van der Waals surface area contributed by atoms with Crippen molar-refractivity contribution in [2.45, 2.75) is 141 Å². The summed E-state index contributed by atoms with van der Waals surface area (Å²) in [5.41, 5.74) is -1.83. The third-order valence-electron chi connectivity index (χ3n) is 15.1. The van der Waals surface area contributed by atoms with Gasteiger partial charge in [0.05, 0.1) is 60.5 Å². The second kappa shape index (κ2) is 20.5. The van der Waals surface area contributed by atoms with Gasteiger partial charge in [0.15, 0.2) is 13.5 Å². The fourth-order valence-corrected chi connectivity index (χ4v) is 11.0. The average molecular weight is 941 g/mol. The van der Waals surface area contributed by atoms with Crippen molar-refractivity contribution in [1.82, 2.24) is 20.4 Å². The standard InChI is InChI=1S/2C24H33F3N2O4/c2*1-15(2)23(8-6-18(11-23)28-19-7-9-32-13-21(19)31-3)22(30)29-12-16-10-17(24(25,26)27)4-5-20(16)33-14-29/h2*4-5,10,15,18-19,21,28H,6-9,11-14H2,1-3H3/t18-,19+,21-,23+;18-,19-,21+,23+/m11/s1. The molecule has 66 heavy (non-hydrogen) atoms. The predicted molar refractivity (Wildman–Crippen MR) is 231 cm³/mol. The first-order chi connectivity index (χ1) is 31.3. The van der Waals surface area contributed by atoms with Crippen LogP contribution in [-0.4, -0.2) is 112 Å². The zero-order valence-corrected chi connectivity index (χ0v) is 38.8. The molecule has 6 aliphatic rings. The molecule has 2 aromatic rings. The Morgan fingerprint density at radius 1 is 0.652 bits per heavy atom. The number of nitrogens with zero attached hydrogens (tertiary/aromatic N) is 2. The molecule has 4 aliphatic heterocycles. The number of hydrogen-bond acceptors (Lipinski definition) is 10. The van der Waals surface area contributed by atoms with Gasteiger partial charge in [-0.05, 0) is 99.6 Å². The van der Waals surface area contributed by atoms with Crippen LogP contribution < -0.4 is 20.1 Å². The Hall–Kier alpha value is -3.68. The first kappa shape index (κ1) is 50.2. The molecule has 0 bridgehead atoms. The van der Waals surface area contributed by atoms with E-state index < -0.39 is 34.3 Å². The van der Waals surface area contributed by atoms with Crippen LogP contribution in [0.5, 0.6) is 11.5 Å². The molecule has 8 atom stereocenters. The number of nitrogens with one attached hydrogen (secondary N) is 2. The number of hydrogen-bond donors (Lipinski definition) is 2. The van der Waals surface area contributed by atoms with Gasteiger partial charge in [0.1, 0.15) is 11.5 Å². The molecule has 2 N–H and O–H groups in total. The van der Waals surface area contributed by atoms with Crippen LogP contribution in [0.2, 0.25) is 0 Å². The van der Waals surface area contributed by atoms with E-state index in [1.165, 1.54) is 12.1 Å². The largest absolute Gasteiger partial charge is 0.473 e. The average Bonchev–Trinajstić information content (AvgIpc) is 3.94. The van der Waals surface area contributed by atoms with E-state index in [0.717, 1.165) is 62.8 Å². The van der Waals surface area contributed by atoms with Crippen LogP contribution in [-0.2, 0) is 54.0 Å². The summed E-state index contributed by atoms with van der Waals surface area (Å²) in [4.78, 5) is 30.7. The van der Waals surface area contributed by atoms with E-state index in [0.29, 0.717) is 61.9 Å². The second-order valence-electron chi connectivity index (χ2n) is 19.5. The first-order valence-electron chi connectivity index (χ1n) is 23.3. The molecule has 2 saturated heterocycles. The minimum absolute atomic E-state index is 0.0154. The summed E-state index contributed by atoms with van der Waals surface area (Å²) >= 11 is 0. The summed E-state index contributed by atoms with van der Waals surface area (Å²) in [6, 6.07) is 7.60. The topological polar surface area (TPSA) is 120 Å². The lowest BCUT2D eigenvalue weighted by Gasteiger charge is -2.40. The molecule has 0 unspecified atom stereocenters. The molecule has 2 aromatic carbocycles. The van der Waals surface area contributed by atoms with Crippen LogP contribution >= 0.6 is 0 Å². The van der Waals surface area contributed by atoms with E-state index in [-0.39, 0.29) is 86.6 Å². The van der Waals surface area contributed by atoms with Crippen LogP contribution in [0, 0.1) is 22.7 Å². The highest BCUT2D eigenvalue weighted by atomic mass is 19.4. The lowest BCUT2D eigenvalue weighted by Crippen LogP contribution is -2.52. The lowest BCUT2D eigenvalue weighted by molar-refractivity contribution is -0.150. The molecule has 4 fully saturated rings. The van der Waals surface area contributed by atoms with Crippen molar-refractivity contribution in [2.75, 3.05) is 54.1 Å². The van der Waals surface area contributed by atoms with Crippen molar-refractivity contribution in [3.63, 3.8) is 0 Å². The monoisotopic (exact) mass is 940 g/mol. The summed E-state index contributed by atoms with van der Waals surface area (Å²) in [5, 5.41) is 7.39. The Balaban J connectivity index is 0.000000196. The minimum atomic E-state index is -4.44. The van der Waals surface area contributed by atoms with E-state index in [1.54, 1.807) is 24.0 Å². The van der Waals surface area contributed by atoms with Gasteiger partial charge in [0, 0.05) is 62.7 Å². The van der Waals surface area contributed by atoms with Gasteiger partial charge in [0.25, 0.3) is 0 Å². The smallest absolute Gasteiger partial charge is 0.416 e. The van der Waals surface area contributed by atoms with Crippen molar-refractivity contribution < 1.29 is 64.4 Å². The summed E-state index contributed by atoms with van der Waals surface area (Å²) in [5.74, 6) is 0.906. The molecule has 2 aliphatic carbocycles. The number of halogens is 6. The Bertz CT molecular complexity index is 1860. The molecule has 8 rings (SSSR count). The van der Waals surface area contributed by atoms with Crippen molar-refractivity contribution in [2.24, 2.45) is 22.7 Å². The van der Waals surface area contributed by atoms with Gasteiger partial charge in [-0.2, -0.15) is 26.3 Å². The predicted octanol–water partition coefficient (Wildman–Crippen LogP) is 7.94. The number of benzene rings is 2. The number of alkyl halides is 6. The normalized spacial score (nSPS) is 30.3. The van der Waals surface area contributed by atoms with Crippen LogP contribution in [0.15, 0.2) is 36.4 Å². The minimum Gasteiger partial charge on any atom is -0.473 e. The summed E-state index contributed by atoms with van der Waals surface area (Å²) in [6.07, 6.45) is -2.64. The van der Waals surface area contributed by atoms with E-state index >= 15 is 0 Å². The number of carbonyl (C=O) groups excluding carboxylic acids is 2. The van der Waals surface area contributed by atoms with Gasteiger partial charge in [-0.25, -0.2) is 0 Å². The van der Waals surface area contributed by atoms with Crippen molar-refractivity contribution in [3.8, 4) is 11.5 Å². The van der Waals surface area contributed by atoms with Crippen LogP contribution in [0.3, 0.4) is 0 Å². The van der Waals surface area contributed by atoms with Gasteiger partial charge in [-0.3, -0.25) is 9.59 Å². The molecule has 4 heterocycles. The Morgan fingerprint density at radius 3 is 1.39 bits per heavy atom. The van der Waals surface area contributed by atoms with Crippen LogP contribution in [0.4, 0.5) is 26.3 Å². The molecule has 2 amide bonds. The maximum absolute atomic E-state index is 13.8. The second-order valence-corrected chi connectivity index (χ2v) is 19.5. The number of ether oxygens (including phenoxy) is 6. The van der Waals surface area contributed by atoms with E-state index in [4.69, 9.17) is 28.4 Å². The quantitative estimate of drug-likeness (QED) is 0.227.